The van der Waals surface area contributed by atoms with E-state index in [0.717, 1.165) is 19.3 Å². The van der Waals surface area contributed by atoms with Crippen LogP contribution in [0.25, 0.3) is 0 Å². The standard InChI is InChI=1S/C11H21N3O3/c12-6-2-1-4-8(13)10(15)14-7-3-5-9(14)11(16)17/h8-9H,1-7,12-13H2,(H,16,17)/t8?,9-/m0/s1. The Balaban J connectivity index is 2.47. The third-order valence-corrected chi connectivity index (χ3v) is 3.11. The third kappa shape index (κ3) is 3.67. The molecule has 6 nitrogen and oxygen atoms in total. The van der Waals surface area contributed by atoms with E-state index in [1.54, 1.807) is 0 Å². The first-order valence-electron chi connectivity index (χ1n) is 6.07. The number of carboxylic acids is 1. The van der Waals surface area contributed by atoms with E-state index in [1.165, 1.54) is 4.90 Å². The van der Waals surface area contributed by atoms with Gasteiger partial charge in [-0.3, -0.25) is 4.79 Å². The Bertz CT molecular complexity index is 283. The maximum atomic E-state index is 12.0. The van der Waals surface area contributed by atoms with Crippen molar-refractivity contribution in [3.8, 4) is 0 Å². The second-order valence-corrected chi connectivity index (χ2v) is 4.42. The number of aliphatic carboxylic acids is 1. The summed E-state index contributed by atoms with van der Waals surface area (Å²) >= 11 is 0. The van der Waals surface area contributed by atoms with Crippen molar-refractivity contribution in [3.05, 3.63) is 0 Å². The van der Waals surface area contributed by atoms with Gasteiger partial charge in [0.15, 0.2) is 0 Å². The molecule has 2 atom stereocenters. The number of hydrogen-bond acceptors (Lipinski definition) is 4. The van der Waals surface area contributed by atoms with E-state index in [-0.39, 0.29) is 5.91 Å². The summed E-state index contributed by atoms with van der Waals surface area (Å²) < 4.78 is 0. The number of rotatable bonds is 6. The minimum Gasteiger partial charge on any atom is -0.480 e. The van der Waals surface area contributed by atoms with Crippen LogP contribution < -0.4 is 11.5 Å². The molecule has 0 aliphatic carbocycles. The second-order valence-electron chi connectivity index (χ2n) is 4.42. The van der Waals surface area contributed by atoms with Crippen LogP contribution >= 0.6 is 0 Å². The highest BCUT2D eigenvalue weighted by Crippen LogP contribution is 2.19. The summed E-state index contributed by atoms with van der Waals surface area (Å²) in [6.45, 7) is 1.09. The van der Waals surface area contributed by atoms with E-state index in [2.05, 4.69) is 0 Å². The molecule has 0 aromatic carbocycles. The third-order valence-electron chi connectivity index (χ3n) is 3.11. The molecule has 6 heteroatoms. The number of nitrogens with two attached hydrogens (primary N) is 2. The van der Waals surface area contributed by atoms with E-state index in [4.69, 9.17) is 16.6 Å². The zero-order valence-electron chi connectivity index (χ0n) is 9.97. The first-order chi connectivity index (χ1) is 8.07. The van der Waals surface area contributed by atoms with Gasteiger partial charge in [-0.2, -0.15) is 0 Å². The Kier molecular flexibility index (Phi) is 5.37. The molecule has 0 bridgehead atoms. The maximum absolute atomic E-state index is 12.0. The number of unbranched alkanes of at least 4 members (excludes halogenated alkanes) is 1. The lowest BCUT2D eigenvalue weighted by Crippen LogP contribution is -2.48. The van der Waals surface area contributed by atoms with Gasteiger partial charge in [0.25, 0.3) is 0 Å². The molecule has 1 rings (SSSR count). The van der Waals surface area contributed by atoms with Crippen LogP contribution in [0.3, 0.4) is 0 Å². The van der Waals surface area contributed by atoms with Crippen molar-refractivity contribution < 1.29 is 14.7 Å². The van der Waals surface area contributed by atoms with E-state index in [9.17, 15) is 9.59 Å². The summed E-state index contributed by atoms with van der Waals surface area (Å²) in [7, 11) is 0. The van der Waals surface area contributed by atoms with Crippen molar-refractivity contribution in [2.45, 2.75) is 44.2 Å². The summed E-state index contributed by atoms with van der Waals surface area (Å²) in [6.07, 6.45) is 3.46. The van der Waals surface area contributed by atoms with Crippen molar-refractivity contribution in [1.29, 1.82) is 0 Å². The van der Waals surface area contributed by atoms with Gasteiger partial charge in [0.2, 0.25) is 5.91 Å². The normalized spacial score (nSPS) is 21.5. The number of amides is 1. The van der Waals surface area contributed by atoms with Gasteiger partial charge >= 0.3 is 5.97 Å². The molecule has 1 heterocycles. The Hall–Kier alpha value is -1.14. The molecular formula is C11H21N3O3. The molecule has 0 aromatic heterocycles. The molecule has 1 amide bonds. The zero-order valence-corrected chi connectivity index (χ0v) is 9.97. The lowest BCUT2D eigenvalue weighted by atomic mass is 10.1. The lowest BCUT2D eigenvalue weighted by molar-refractivity contribution is -0.148. The minimum atomic E-state index is -0.940. The summed E-state index contributed by atoms with van der Waals surface area (Å²) in [5.74, 6) is -1.18. The SMILES string of the molecule is NCCCCC(N)C(=O)N1CCC[C@H]1C(=O)O. The molecule has 1 fully saturated rings. The average molecular weight is 243 g/mol. The molecule has 1 unspecified atom stereocenters. The van der Waals surface area contributed by atoms with Gasteiger partial charge in [0.05, 0.1) is 6.04 Å². The van der Waals surface area contributed by atoms with Crippen molar-refractivity contribution in [2.24, 2.45) is 11.5 Å². The first kappa shape index (κ1) is 13.9. The number of carbonyl (C=O) groups is 2. The van der Waals surface area contributed by atoms with Crippen LogP contribution in [0.4, 0.5) is 0 Å². The Morgan fingerprint density at radius 3 is 2.71 bits per heavy atom. The number of carbonyl (C=O) groups excluding carboxylic acids is 1. The predicted molar refractivity (Wildman–Crippen MR) is 63.3 cm³/mol. The Morgan fingerprint density at radius 2 is 2.12 bits per heavy atom. The number of hydrogen-bond donors (Lipinski definition) is 3. The molecule has 1 saturated heterocycles. The number of likely N-dealkylation sites (tertiary alicyclic amines) is 1. The predicted octanol–water partition coefficient (Wildman–Crippen LogP) is -0.482. The number of nitrogens with zero attached hydrogens (tertiary/aromatic N) is 1. The van der Waals surface area contributed by atoms with Crippen molar-refractivity contribution in [3.63, 3.8) is 0 Å². The summed E-state index contributed by atoms with van der Waals surface area (Å²) in [5.41, 5.74) is 11.1. The zero-order chi connectivity index (χ0) is 12.8. The average Bonchev–Trinajstić information content (AvgIpc) is 2.77. The topological polar surface area (TPSA) is 110 Å². The fourth-order valence-electron chi connectivity index (χ4n) is 2.13. The van der Waals surface area contributed by atoms with Gasteiger partial charge in [-0.05, 0) is 32.2 Å². The maximum Gasteiger partial charge on any atom is 0.326 e. The molecule has 0 spiro atoms. The van der Waals surface area contributed by atoms with Crippen LogP contribution in [0.5, 0.6) is 0 Å². The highest BCUT2D eigenvalue weighted by molar-refractivity contribution is 5.87. The largest absolute Gasteiger partial charge is 0.480 e. The first-order valence-corrected chi connectivity index (χ1v) is 6.07. The minimum absolute atomic E-state index is 0.244. The van der Waals surface area contributed by atoms with Crippen LogP contribution in [-0.2, 0) is 9.59 Å². The van der Waals surface area contributed by atoms with Gasteiger partial charge in [-0.15, -0.1) is 0 Å². The monoisotopic (exact) mass is 243 g/mol. The van der Waals surface area contributed by atoms with Crippen LogP contribution in [0, 0.1) is 0 Å². The van der Waals surface area contributed by atoms with Crippen LogP contribution in [-0.4, -0.2) is 47.1 Å². The van der Waals surface area contributed by atoms with Gasteiger partial charge < -0.3 is 21.5 Å². The van der Waals surface area contributed by atoms with Crippen LogP contribution in [0.15, 0.2) is 0 Å². The highest BCUT2D eigenvalue weighted by atomic mass is 16.4. The summed E-state index contributed by atoms with van der Waals surface area (Å²) in [4.78, 5) is 24.3. The number of carboxylic acid groups (broad SMARTS) is 1. The lowest BCUT2D eigenvalue weighted by Gasteiger charge is -2.24. The molecule has 1 aliphatic rings. The molecule has 98 valence electrons. The quantitative estimate of drug-likeness (QED) is 0.546. The molecule has 0 aromatic rings. The van der Waals surface area contributed by atoms with Gasteiger partial charge in [-0.1, -0.05) is 6.42 Å². The smallest absolute Gasteiger partial charge is 0.326 e. The van der Waals surface area contributed by atoms with E-state index >= 15 is 0 Å². The highest BCUT2D eigenvalue weighted by Gasteiger charge is 2.35. The van der Waals surface area contributed by atoms with E-state index < -0.39 is 18.1 Å². The molecule has 5 N–H and O–H groups in total. The molecule has 0 saturated carbocycles. The van der Waals surface area contributed by atoms with Crippen LogP contribution in [0.1, 0.15) is 32.1 Å². The second kappa shape index (κ2) is 6.56. The molecule has 17 heavy (non-hydrogen) atoms. The van der Waals surface area contributed by atoms with Gasteiger partial charge in [-0.25, -0.2) is 4.79 Å². The molecule has 0 radical (unpaired) electrons. The Labute approximate surface area is 101 Å². The van der Waals surface area contributed by atoms with Crippen molar-refractivity contribution in [1.82, 2.24) is 4.90 Å². The van der Waals surface area contributed by atoms with E-state index in [1.807, 2.05) is 0 Å². The van der Waals surface area contributed by atoms with Crippen LogP contribution in [0.2, 0.25) is 0 Å². The van der Waals surface area contributed by atoms with E-state index in [0.29, 0.717) is 25.9 Å². The summed E-state index contributed by atoms with van der Waals surface area (Å²) in [5, 5.41) is 8.98. The van der Waals surface area contributed by atoms with Gasteiger partial charge in [0.1, 0.15) is 6.04 Å². The van der Waals surface area contributed by atoms with Crippen molar-refractivity contribution >= 4 is 11.9 Å². The molecular weight excluding hydrogens is 222 g/mol. The van der Waals surface area contributed by atoms with Crippen molar-refractivity contribution in [2.75, 3.05) is 13.1 Å². The van der Waals surface area contributed by atoms with Gasteiger partial charge in [0, 0.05) is 6.54 Å². The fourth-order valence-corrected chi connectivity index (χ4v) is 2.13. The Morgan fingerprint density at radius 1 is 1.41 bits per heavy atom. The molecule has 1 aliphatic heterocycles. The summed E-state index contributed by atoms with van der Waals surface area (Å²) in [6, 6.07) is -1.29. The fraction of sp³-hybridized carbons (Fsp3) is 0.818.